The van der Waals surface area contributed by atoms with E-state index < -0.39 is 0 Å². The van der Waals surface area contributed by atoms with E-state index in [2.05, 4.69) is 58.1 Å². The topological polar surface area (TPSA) is 25.2 Å². The third-order valence-corrected chi connectivity index (χ3v) is 3.77. The Kier molecular flexibility index (Phi) is 3.97. The van der Waals surface area contributed by atoms with Gasteiger partial charge >= 0.3 is 0 Å². The molecule has 2 aromatic rings. The van der Waals surface area contributed by atoms with Crippen LogP contribution in [0, 0.1) is 5.41 Å². The van der Waals surface area contributed by atoms with Crippen molar-refractivity contribution in [2.75, 3.05) is 7.05 Å². The molecule has 1 aromatic carbocycles. The predicted molar refractivity (Wildman–Crippen MR) is 86.1 cm³/mol. The summed E-state index contributed by atoms with van der Waals surface area (Å²) >= 11 is 0. The molecule has 0 unspecified atom stereocenters. The molecule has 1 N–H and O–H groups in total. The Morgan fingerprint density at radius 3 is 2.40 bits per heavy atom. The van der Waals surface area contributed by atoms with Gasteiger partial charge in [-0.05, 0) is 42.0 Å². The average molecular weight is 273 g/mol. The minimum atomic E-state index is 0.167. The molecule has 0 fully saturated rings. The molecule has 2 nitrogen and oxygen atoms in total. The van der Waals surface area contributed by atoms with Crippen molar-refractivity contribution in [2.45, 2.75) is 53.0 Å². The first-order valence-electron chi connectivity index (χ1n) is 7.38. The van der Waals surface area contributed by atoms with Gasteiger partial charge in [-0.15, -0.1) is 0 Å². The maximum atomic E-state index is 5.63. The molecular formula is C18H27NO. The third-order valence-electron chi connectivity index (χ3n) is 3.77. The van der Waals surface area contributed by atoms with Gasteiger partial charge in [-0.1, -0.05) is 40.7 Å². The van der Waals surface area contributed by atoms with Gasteiger partial charge in [0.25, 0.3) is 0 Å². The Morgan fingerprint density at radius 2 is 1.80 bits per heavy atom. The zero-order valence-corrected chi connectivity index (χ0v) is 13.6. The van der Waals surface area contributed by atoms with Gasteiger partial charge in [0.1, 0.15) is 5.58 Å². The van der Waals surface area contributed by atoms with E-state index in [1.165, 1.54) is 16.5 Å². The molecule has 1 aromatic heterocycles. The number of hydrogen-bond donors (Lipinski definition) is 1. The summed E-state index contributed by atoms with van der Waals surface area (Å²) in [5, 5.41) is 4.43. The molecule has 0 bridgehead atoms. The Hall–Kier alpha value is -1.28. The van der Waals surface area contributed by atoms with Gasteiger partial charge in [-0.2, -0.15) is 0 Å². The highest BCUT2D eigenvalue weighted by Crippen LogP contribution is 2.37. The average Bonchev–Trinajstić information content (AvgIpc) is 2.69. The Balaban J connectivity index is 2.42. The first kappa shape index (κ1) is 15.1. The van der Waals surface area contributed by atoms with Crippen molar-refractivity contribution in [1.82, 2.24) is 5.32 Å². The van der Waals surface area contributed by atoms with Crippen LogP contribution >= 0.6 is 0 Å². The lowest BCUT2D eigenvalue weighted by Gasteiger charge is -2.33. The largest absolute Gasteiger partial charge is 0.464 e. The van der Waals surface area contributed by atoms with Gasteiger partial charge in [0, 0.05) is 17.5 Å². The smallest absolute Gasteiger partial charge is 0.134 e. The van der Waals surface area contributed by atoms with Crippen molar-refractivity contribution in [3.63, 3.8) is 0 Å². The van der Waals surface area contributed by atoms with Crippen LogP contribution in [0.4, 0.5) is 0 Å². The quantitative estimate of drug-likeness (QED) is 0.860. The van der Waals surface area contributed by atoms with Crippen molar-refractivity contribution in [3.05, 3.63) is 35.6 Å². The van der Waals surface area contributed by atoms with E-state index in [1.807, 2.05) is 13.3 Å². The number of fused-ring (bicyclic) bond motifs is 1. The van der Waals surface area contributed by atoms with E-state index in [0.717, 1.165) is 18.5 Å². The van der Waals surface area contributed by atoms with Gasteiger partial charge in [0.15, 0.2) is 0 Å². The highest BCUT2D eigenvalue weighted by atomic mass is 16.3. The number of nitrogens with one attached hydrogen (secondary N) is 1. The van der Waals surface area contributed by atoms with Gasteiger partial charge in [0.05, 0.1) is 6.26 Å². The molecule has 2 heteroatoms. The standard InChI is InChI=1S/C18H27NO/c1-17(2,3)12-18(4,5)14-7-8-16-15(9-14)13(10-19-6)11-20-16/h7-9,11,19H,10,12H2,1-6H3. The highest BCUT2D eigenvalue weighted by molar-refractivity contribution is 5.82. The van der Waals surface area contributed by atoms with E-state index in [-0.39, 0.29) is 5.41 Å². The van der Waals surface area contributed by atoms with Crippen LogP contribution in [0.5, 0.6) is 0 Å². The molecule has 0 saturated carbocycles. The summed E-state index contributed by atoms with van der Waals surface area (Å²) in [6.45, 7) is 12.4. The van der Waals surface area contributed by atoms with E-state index in [4.69, 9.17) is 4.42 Å². The summed E-state index contributed by atoms with van der Waals surface area (Å²) in [5.41, 5.74) is 4.09. The minimum Gasteiger partial charge on any atom is -0.464 e. The Morgan fingerprint density at radius 1 is 1.10 bits per heavy atom. The second-order valence-electron chi connectivity index (χ2n) is 7.62. The molecule has 0 saturated heterocycles. The Bertz CT molecular complexity index is 587. The zero-order chi connectivity index (χ0) is 15.0. The molecule has 1 heterocycles. The van der Waals surface area contributed by atoms with Crippen molar-refractivity contribution in [2.24, 2.45) is 5.41 Å². The highest BCUT2D eigenvalue weighted by Gasteiger charge is 2.27. The summed E-state index contributed by atoms with van der Waals surface area (Å²) in [6, 6.07) is 6.62. The molecule has 2 rings (SSSR count). The molecule has 0 aliphatic carbocycles. The van der Waals surface area contributed by atoms with Crippen molar-refractivity contribution in [3.8, 4) is 0 Å². The first-order chi connectivity index (χ1) is 9.23. The van der Waals surface area contributed by atoms with Gasteiger partial charge < -0.3 is 9.73 Å². The van der Waals surface area contributed by atoms with E-state index in [0.29, 0.717) is 5.41 Å². The summed E-state index contributed by atoms with van der Waals surface area (Å²) < 4.78 is 5.63. The SMILES string of the molecule is CNCc1coc2ccc(C(C)(C)CC(C)(C)C)cc12. The molecule has 0 radical (unpaired) electrons. The predicted octanol–water partition coefficient (Wildman–Crippen LogP) is 4.87. The van der Waals surface area contributed by atoms with Gasteiger partial charge in [-0.25, -0.2) is 0 Å². The molecule has 0 amide bonds. The third kappa shape index (κ3) is 3.24. The number of rotatable bonds is 4. The minimum absolute atomic E-state index is 0.167. The normalized spacial score (nSPS) is 13.1. The van der Waals surface area contributed by atoms with Crippen molar-refractivity contribution in [1.29, 1.82) is 0 Å². The lowest BCUT2D eigenvalue weighted by molar-refractivity contribution is 0.284. The first-order valence-corrected chi connectivity index (χ1v) is 7.38. The van der Waals surface area contributed by atoms with Crippen molar-refractivity contribution < 1.29 is 4.42 Å². The maximum Gasteiger partial charge on any atom is 0.134 e. The second-order valence-corrected chi connectivity index (χ2v) is 7.62. The van der Waals surface area contributed by atoms with Gasteiger partial charge in [0.2, 0.25) is 0 Å². The molecule has 20 heavy (non-hydrogen) atoms. The van der Waals surface area contributed by atoms with Crippen LogP contribution in [0.1, 0.15) is 52.2 Å². The van der Waals surface area contributed by atoms with Gasteiger partial charge in [-0.3, -0.25) is 0 Å². The van der Waals surface area contributed by atoms with E-state index in [1.54, 1.807) is 0 Å². The monoisotopic (exact) mass is 273 g/mol. The second kappa shape index (κ2) is 5.25. The summed E-state index contributed by atoms with van der Waals surface area (Å²) in [4.78, 5) is 0. The molecule has 0 aliphatic rings. The maximum absolute atomic E-state index is 5.63. The fourth-order valence-electron chi connectivity index (χ4n) is 3.26. The lowest BCUT2D eigenvalue weighted by Crippen LogP contribution is -2.24. The van der Waals surface area contributed by atoms with Crippen molar-refractivity contribution >= 4 is 11.0 Å². The number of benzene rings is 1. The molecule has 0 atom stereocenters. The lowest BCUT2D eigenvalue weighted by atomic mass is 9.72. The molecule has 0 aliphatic heterocycles. The van der Waals surface area contributed by atoms with Crippen LogP contribution in [0.2, 0.25) is 0 Å². The van der Waals surface area contributed by atoms with Crippen LogP contribution in [0.25, 0.3) is 11.0 Å². The van der Waals surface area contributed by atoms with Crippen LogP contribution in [-0.4, -0.2) is 7.05 Å². The zero-order valence-electron chi connectivity index (χ0n) is 13.6. The fraction of sp³-hybridized carbons (Fsp3) is 0.556. The summed E-state index contributed by atoms with van der Waals surface area (Å²) in [6.07, 6.45) is 3.02. The molecule has 110 valence electrons. The summed E-state index contributed by atoms with van der Waals surface area (Å²) in [7, 11) is 1.96. The molecule has 0 spiro atoms. The van der Waals surface area contributed by atoms with Crippen LogP contribution in [0.15, 0.2) is 28.9 Å². The van der Waals surface area contributed by atoms with Crippen LogP contribution < -0.4 is 5.32 Å². The number of hydrogen-bond acceptors (Lipinski definition) is 2. The Labute approximate surface area is 122 Å². The van der Waals surface area contributed by atoms with E-state index in [9.17, 15) is 0 Å². The summed E-state index contributed by atoms with van der Waals surface area (Å²) in [5.74, 6) is 0. The number of furan rings is 1. The molecular weight excluding hydrogens is 246 g/mol. The van der Waals surface area contributed by atoms with Crippen LogP contribution in [0.3, 0.4) is 0 Å². The van der Waals surface area contributed by atoms with E-state index >= 15 is 0 Å². The fourth-order valence-corrected chi connectivity index (χ4v) is 3.26. The van der Waals surface area contributed by atoms with Crippen LogP contribution in [-0.2, 0) is 12.0 Å².